The van der Waals surface area contributed by atoms with Crippen LogP contribution >= 0.6 is 0 Å². The van der Waals surface area contributed by atoms with Crippen molar-refractivity contribution in [1.29, 1.82) is 0 Å². The van der Waals surface area contributed by atoms with Gasteiger partial charge in [-0.1, -0.05) is 25.5 Å². The summed E-state index contributed by atoms with van der Waals surface area (Å²) in [5.74, 6) is 1.27. The quantitative estimate of drug-likeness (QED) is 0.797. The summed E-state index contributed by atoms with van der Waals surface area (Å²) in [4.78, 5) is 0. The minimum atomic E-state index is 0.0133. The van der Waals surface area contributed by atoms with Gasteiger partial charge in [0.05, 0.1) is 6.61 Å². The minimum absolute atomic E-state index is 0.0133. The van der Waals surface area contributed by atoms with Crippen LogP contribution in [-0.4, -0.2) is 13.2 Å². The first-order valence-electron chi connectivity index (χ1n) is 6.33. The largest absolute Gasteiger partial charge is 0.494 e. The van der Waals surface area contributed by atoms with Crippen molar-refractivity contribution < 1.29 is 4.74 Å². The minimum Gasteiger partial charge on any atom is -0.494 e. The lowest BCUT2D eigenvalue weighted by molar-refractivity contribution is 0.337. The standard InChI is InChI=1S/C14H24N2O/c1-4-11(9-15)14(16)12-6-7-13(17-5-2)10(3)8-12/h6-8,11,14H,4-5,9,15-16H2,1-3H3. The zero-order valence-electron chi connectivity index (χ0n) is 11.1. The Labute approximate surface area is 104 Å². The highest BCUT2D eigenvalue weighted by Gasteiger charge is 2.17. The zero-order chi connectivity index (χ0) is 12.8. The summed E-state index contributed by atoms with van der Waals surface area (Å²) in [7, 11) is 0. The second-order valence-corrected chi connectivity index (χ2v) is 4.39. The molecule has 0 aliphatic heterocycles. The number of aryl methyl sites for hydroxylation is 1. The Hall–Kier alpha value is -1.06. The van der Waals surface area contributed by atoms with Crippen molar-refractivity contribution in [2.75, 3.05) is 13.2 Å². The summed E-state index contributed by atoms with van der Waals surface area (Å²) in [6, 6.07) is 6.16. The molecule has 0 saturated heterocycles. The molecule has 0 bridgehead atoms. The number of hydrogen-bond donors (Lipinski definition) is 2. The molecule has 2 atom stereocenters. The third-order valence-corrected chi connectivity index (χ3v) is 3.22. The fourth-order valence-corrected chi connectivity index (χ4v) is 2.04. The molecule has 1 aromatic carbocycles. The molecule has 0 aliphatic carbocycles. The first-order chi connectivity index (χ1) is 8.13. The Morgan fingerprint density at radius 1 is 1.29 bits per heavy atom. The van der Waals surface area contributed by atoms with E-state index in [1.165, 1.54) is 0 Å². The summed E-state index contributed by atoms with van der Waals surface area (Å²) < 4.78 is 5.52. The molecule has 0 saturated carbocycles. The van der Waals surface area contributed by atoms with Gasteiger partial charge in [-0.3, -0.25) is 0 Å². The molecule has 0 aliphatic rings. The summed E-state index contributed by atoms with van der Waals surface area (Å²) in [6.45, 7) is 7.47. The highest BCUT2D eigenvalue weighted by molar-refractivity contribution is 5.37. The lowest BCUT2D eigenvalue weighted by atomic mass is 9.91. The second kappa shape index (κ2) is 6.62. The molecule has 0 amide bonds. The van der Waals surface area contributed by atoms with Crippen LogP contribution in [0.3, 0.4) is 0 Å². The SMILES string of the molecule is CCOc1ccc(C(N)C(CC)CN)cc1C. The molecule has 3 heteroatoms. The van der Waals surface area contributed by atoms with Gasteiger partial charge < -0.3 is 16.2 Å². The van der Waals surface area contributed by atoms with Gasteiger partial charge in [-0.05, 0) is 43.5 Å². The van der Waals surface area contributed by atoms with E-state index in [9.17, 15) is 0 Å². The molecule has 0 spiro atoms. The Morgan fingerprint density at radius 2 is 2.00 bits per heavy atom. The number of rotatable bonds is 6. The molecule has 0 aromatic heterocycles. The summed E-state index contributed by atoms with van der Waals surface area (Å²) in [5.41, 5.74) is 14.2. The molecule has 96 valence electrons. The van der Waals surface area contributed by atoms with Gasteiger partial charge in [0, 0.05) is 6.04 Å². The molecular formula is C14H24N2O. The van der Waals surface area contributed by atoms with Crippen LogP contribution in [0.15, 0.2) is 18.2 Å². The normalized spacial score (nSPS) is 14.4. The van der Waals surface area contributed by atoms with Crippen LogP contribution in [0.4, 0.5) is 0 Å². The molecule has 0 fully saturated rings. The average molecular weight is 236 g/mol. The molecule has 1 rings (SSSR count). The molecule has 4 N–H and O–H groups in total. The van der Waals surface area contributed by atoms with Gasteiger partial charge in [-0.2, -0.15) is 0 Å². The Kier molecular flexibility index (Phi) is 5.45. The van der Waals surface area contributed by atoms with E-state index >= 15 is 0 Å². The molecule has 0 heterocycles. The van der Waals surface area contributed by atoms with Crippen LogP contribution in [0.25, 0.3) is 0 Å². The topological polar surface area (TPSA) is 61.3 Å². The van der Waals surface area contributed by atoms with Gasteiger partial charge in [0.2, 0.25) is 0 Å². The molecular weight excluding hydrogens is 212 g/mol. The van der Waals surface area contributed by atoms with Gasteiger partial charge in [-0.15, -0.1) is 0 Å². The molecule has 17 heavy (non-hydrogen) atoms. The fourth-order valence-electron chi connectivity index (χ4n) is 2.04. The Bertz CT molecular complexity index is 348. The third kappa shape index (κ3) is 3.45. The van der Waals surface area contributed by atoms with Crippen molar-refractivity contribution in [3.8, 4) is 5.75 Å². The average Bonchev–Trinajstić information content (AvgIpc) is 2.33. The number of ether oxygens (including phenoxy) is 1. The van der Waals surface area contributed by atoms with E-state index in [4.69, 9.17) is 16.2 Å². The van der Waals surface area contributed by atoms with E-state index in [0.717, 1.165) is 23.3 Å². The van der Waals surface area contributed by atoms with E-state index < -0.39 is 0 Å². The van der Waals surface area contributed by atoms with Crippen LogP contribution < -0.4 is 16.2 Å². The van der Waals surface area contributed by atoms with Crippen LogP contribution in [0.2, 0.25) is 0 Å². The maximum absolute atomic E-state index is 6.23. The van der Waals surface area contributed by atoms with E-state index in [2.05, 4.69) is 13.0 Å². The van der Waals surface area contributed by atoms with Crippen molar-refractivity contribution in [1.82, 2.24) is 0 Å². The van der Waals surface area contributed by atoms with Crippen molar-refractivity contribution in [2.45, 2.75) is 33.2 Å². The van der Waals surface area contributed by atoms with Crippen molar-refractivity contribution in [3.63, 3.8) is 0 Å². The van der Waals surface area contributed by atoms with E-state index in [-0.39, 0.29) is 6.04 Å². The highest BCUT2D eigenvalue weighted by Crippen LogP contribution is 2.26. The molecule has 1 aromatic rings. The smallest absolute Gasteiger partial charge is 0.122 e. The van der Waals surface area contributed by atoms with Gasteiger partial charge >= 0.3 is 0 Å². The molecule has 3 nitrogen and oxygen atoms in total. The Morgan fingerprint density at radius 3 is 2.47 bits per heavy atom. The van der Waals surface area contributed by atoms with Gasteiger partial charge in [-0.25, -0.2) is 0 Å². The predicted molar refractivity (Wildman–Crippen MR) is 72.1 cm³/mol. The van der Waals surface area contributed by atoms with E-state index in [0.29, 0.717) is 19.1 Å². The maximum atomic E-state index is 6.23. The van der Waals surface area contributed by atoms with E-state index in [1.807, 2.05) is 26.0 Å². The number of benzene rings is 1. The molecule has 0 radical (unpaired) electrons. The van der Waals surface area contributed by atoms with Gasteiger partial charge in [0.1, 0.15) is 5.75 Å². The predicted octanol–water partition coefficient (Wildman–Crippen LogP) is 2.38. The van der Waals surface area contributed by atoms with Crippen molar-refractivity contribution in [3.05, 3.63) is 29.3 Å². The van der Waals surface area contributed by atoms with Crippen LogP contribution in [0.1, 0.15) is 37.4 Å². The van der Waals surface area contributed by atoms with E-state index in [1.54, 1.807) is 0 Å². The summed E-state index contributed by atoms with van der Waals surface area (Å²) in [6.07, 6.45) is 1.00. The number of hydrogen-bond acceptors (Lipinski definition) is 3. The van der Waals surface area contributed by atoms with Crippen molar-refractivity contribution >= 4 is 0 Å². The first kappa shape index (κ1) is 14.0. The van der Waals surface area contributed by atoms with Gasteiger partial charge in [0.15, 0.2) is 0 Å². The Balaban J connectivity index is 2.88. The lowest BCUT2D eigenvalue weighted by Crippen LogP contribution is -2.27. The fraction of sp³-hybridized carbons (Fsp3) is 0.571. The summed E-state index contributed by atoms with van der Waals surface area (Å²) >= 11 is 0. The van der Waals surface area contributed by atoms with Crippen LogP contribution in [-0.2, 0) is 0 Å². The molecule has 2 unspecified atom stereocenters. The van der Waals surface area contributed by atoms with Crippen LogP contribution in [0.5, 0.6) is 5.75 Å². The lowest BCUT2D eigenvalue weighted by Gasteiger charge is -2.22. The van der Waals surface area contributed by atoms with Gasteiger partial charge in [0.25, 0.3) is 0 Å². The van der Waals surface area contributed by atoms with Crippen molar-refractivity contribution in [2.24, 2.45) is 17.4 Å². The third-order valence-electron chi connectivity index (χ3n) is 3.22. The monoisotopic (exact) mass is 236 g/mol. The summed E-state index contributed by atoms with van der Waals surface area (Å²) in [5, 5.41) is 0. The number of nitrogens with two attached hydrogens (primary N) is 2. The van der Waals surface area contributed by atoms with Crippen LogP contribution in [0, 0.1) is 12.8 Å². The highest BCUT2D eigenvalue weighted by atomic mass is 16.5. The maximum Gasteiger partial charge on any atom is 0.122 e. The second-order valence-electron chi connectivity index (χ2n) is 4.39. The first-order valence-corrected chi connectivity index (χ1v) is 6.33. The zero-order valence-corrected chi connectivity index (χ0v) is 11.1.